The Labute approximate surface area is 96.2 Å². The van der Waals surface area contributed by atoms with E-state index in [0.29, 0.717) is 5.92 Å². The van der Waals surface area contributed by atoms with E-state index < -0.39 is 0 Å². The summed E-state index contributed by atoms with van der Waals surface area (Å²) in [5, 5.41) is 4.16. The van der Waals surface area contributed by atoms with Crippen molar-refractivity contribution in [1.29, 1.82) is 0 Å². The van der Waals surface area contributed by atoms with E-state index in [9.17, 15) is 0 Å². The average molecular weight is 221 g/mol. The lowest BCUT2D eigenvalue weighted by molar-refractivity contribution is 0.145. The molecule has 0 spiro atoms. The van der Waals surface area contributed by atoms with Gasteiger partial charge >= 0.3 is 0 Å². The molecule has 1 saturated heterocycles. The minimum Gasteiger partial charge on any atom is -0.361 e. The first-order valence-electron chi connectivity index (χ1n) is 6.17. The summed E-state index contributed by atoms with van der Waals surface area (Å²) < 4.78 is 5.36. The predicted octanol–water partition coefficient (Wildman–Crippen LogP) is 1.30. The standard InChI is InChI=1S/C12H19N3O/c1-14-4-6-15(7-5-14)9-11-8-12(16-13-11)10-2-3-10/h8,10H,2-7,9H2,1H3. The highest BCUT2D eigenvalue weighted by Gasteiger charge is 2.28. The molecule has 0 amide bonds. The number of nitrogens with zero attached hydrogens (tertiary/aromatic N) is 3. The van der Waals surface area contributed by atoms with Crippen LogP contribution < -0.4 is 0 Å². The number of piperazine rings is 1. The van der Waals surface area contributed by atoms with Crippen LogP contribution in [0.4, 0.5) is 0 Å². The van der Waals surface area contributed by atoms with E-state index in [1.807, 2.05) is 0 Å². The number of likely N-dealkylation sites (N-methyl/N-ethyl adjacent to an activating group) is 1. The van der Waals surface area contributed by atoms with Crippen LogP contribution in [0.15, 0.2) is 10.6 Å². The number of aromatic nitrogens is 1. The Morgan fingerprint density at radius 2 is 2.06 bits per heavy atom. The largest absolute Gasteiger partial charge is 0.361 e. The Morgan fingerprint density at radius 3 is 2.75 bits per heavy atom. The monoisotopic (exact) mass is 221 g/mol. The molecule has 2 fully saturated rings. The highest BCUT2D eigenvalue weighted by atomic mass is 16.5. The molecule has 0 radical (unpaired) electrons. The molecule has 0 atom stereocenters. The molecule has 1 aliphatic heterocycles. The second kappa shape index (κ2) is 4.18. The summed E-state index contributed by atoms with van der Waals surface area (Å²) in [5.74, 6) is 1.78. The van der Waals surface area contributed by atoms with Crippen LogP contribution in [0, 0.1) is 0 Å². The van der Waals surface area contributed by atoms with Gasteiger partial charge in [-0.3, -0.25) is 4.90 Å². The minimum absolute atomic E-state index is 0.675. The smallest absolute Gasteiger partial charge is 0.140 e. The summed E-state index contributed by atoms with van der Waals surface area (Å²) in [6.45, 7) is 5.55. The lowest BCUT2D eigenvalue weighted by Gasteiger charge is -2.31. The molecular formula is C12H19N3O. The van der Waals surface area contributed by atoms with E-state index in [0.717, 1.165) is 44.2 Å². The molecule has 0 unspecified atom stereocenters. The molecule has 16 heavy (non-hydrogen) atoms. The van der Waals surface area contributed by atoms with Gasteiger partial charge in [-0.15, -0.1) is 0 Å². The fourth-order valence-corrected chi connectivity index (χ4v) is 2.20. The van der Waals surface area contributed by atoms with E-state index in [1.54, 1.807) is 0 Å². The van der Waals surface area contributed by atoms with E-state index in [2.05, 4.69) is 28.1 Å². The molecule has 4 heteroatoms. The van der Waals surface area contributed by atoms with Crippen molar-refractivity contribution >= 4 is 0 Å². The highest BCUT2D eigenvalue weighted by Crippen LogP contribution is 2.40. The Balaban J connectivity index is 1.56. The Morgan fingerprint density at radius 1 is 1.31 bits per heavy atom. The third-order valence-corrected chi connectivity index (χ3v) is 3.54. The maximum atomic E-state index is 5.36. The molecule has 88 valence electrons. The van der Waals surface area contributed by atoms with Gasteiger partial charge in [-0.25, -0.2) is 0 Å². The fraction of sp³-hybridized carbons (Fsp3) is 0.750. The number of rotatable bonds is 3. The van der Waals surface area contributed by atoms with Crippen LogP contribution in [0.1, 0.15) is 30.2 Å². The van der Waals surface area contributed by atoms with Crippen LogP contribution in [0.25, 0.3) is 0 Å². The van der Waals surface area contributed by atoms with Gasteiger partial charge in [-0.05, 0) is 19.9 Å². The maximum Gasteiger partial charge on any atom is 0.140 e. The van der Waals surface area contributed by atoms with Crippen molar-refractivity contribution in [3.05, 3.63) is 17.5 Å². The SMILES string of the molecule is CN1CCN(Cc2cc(C3CC3)on2)CC1. The van der Waals surface area contributed by atoms with Crippen molar-refractivity contribution in [1.82, 2.24) is 15.0 Å². The van der Waals surface area contributed by atoms with Crippen molar-refractivity contribution in [2.24, 2.45) is 0 Å². The van der Waals surface area contributed by atoms with Crippen LogP contribution in [0.2, 0.25) is 0 Å². The lowest BCUT2D eigenvalue weighted by Crippen LogP contribution is -2.43. The molecule has 0 N–H and O–H groups in total. The van der Waals surface area contributed by atoms with Crippen molar-refractivity contribution in [3.63, 3.8) is 0 Å². The summed E-state index contributed by atoms with van der Waals surface area (Å²) in [7, 11) is 2.18. The van der Waals surface area contributed by atoms with Gasteiger partial charge in [0.2, 0.25) is 0 Å². The zero-order chi connectivity index (χ0) is 11.0. The topological polar surface area (TPSA) is 32.5 Å². The number of hydrogen-bond donors (Lipinski definition) is 0. The van der Waals surface area contributed by atoms with Crippen LogP contribution in [0.5, 0.6) is 0 Å². The van der Waals surface area contributed by atoms with Gasteiger partial charge in [0, 0.05) is 44.7 Å². The maximum absolute atomic E-state index is 5.36. The minimum atomic E-state index is 0.675. The summed E-state index contributed by atoms with van der Waals surface area (Å²) in [5.41, 5.74) is 1.10. The molecular weight excluding hydrogens is 202 g/mol. The van der Waals surface area contributed by atoms with Crippen molar-refractivity contribution in [2.75, 3.05) is 33.2 Å². The lowest BCUT2D eigenvalue weighted by atomic mass is 10.2. The second-order valence-corrected chi connectivity index (χ2v) is 5.07. The van der Waals surface area contributed by atoms with E-state index >= 15 is 0 Å². The second-order valence-electron chi connectivity index (χ2n) is 5.07. The third-order valence-electron chi connectivity index (χ3n) is 3.54. The highest BCUT2D eigenvalue weighted by molar-refractivity contribution is 5.14. The molecule has 1 saturated carbocycles. The first kappa shape index (κ1) is 10.3. The average Bonchev–Trinajstić information content (AvgIpc) is 3.04. The van der Waals surface area contributed by atoms with Crippen molar-refractivity contribution < 1.29 is 4.52 Å². The Bertz CT molecular complexity index is 351. The van der Waals surface area contributed by atoms with E-state index in [-0.39, 0.29) is 0 Å². The number of hydrogen-bond acceptors (Lipinski definition) is 4. The fourth-order valence-electron chi connectivity index (χ4n) is 2.20. The molecule has 1 aromatic heterocycles. The van der Waals surface area contributed by atoms with Crippen LogP contribution in [-0.2, 0) is 6.54 Å². The van der Waals surface area contributed by atoms with Gasteiger partial charge in [-0.1, -0.05) is 5.16 Å². The van der Waals surface area contributed by atoms with Gasteiger partial charge in [0.25, 0.3) is 0 Å². The van der Waals surface area contributed by atoms with E-state index in [4.69, 9.17) is 4.52 Å². The first-order valence-corrected chi connectivity index (χ1v) is 6.17. The molecule has 0 bridgehead atoms. The Kier molecular flexibility index (Phi) is 2.69. The molecule has 1 aromatic rings. The predicted molar refractivity (Wildman–Crippen MR) is 61.3 cm³/mol. The van der Waals surface area contributed by atoms with Gasteiger partial charge in [0.15, 0.2) is 0 Å². The zero-order valence-electron chi connectivity index (χ0n) is 9.85. The quantitative estimate of drug-likeness (QED) is 0.770. The van der Waals surface area contributed by atoms with Gasteiger partial charge in [-0.2, -0.15) is 0 Å². The molecule has 3 rings (SSSR count). The third kappa shape index (κ3) is 2.28. The first-order chi connectivity index (χ1) is 7.81. The molecule has 2 aliphatic rings. The normalized spacial score (nSPS) is 23.8. The van der Waals surface area contributed by atoms with Crippen molar-refractivity contribution in [3.8, 4) is 0 Å². The zero-order valence-corrected chi connectivity index (χ0v) is 9.85. The molecule has 4 nitrogen and oxygen atoms in total. The summed E-state index contributed by atoms with van der Waals surface area (Å²) >= 11 is 0. The van der Waals surface area contributed by atoms with Crippen LogP contribution in [-0.4, -0.2) is 48.2 Å². The summed E-state index contributed by atoms with van der Waals surface area (Å²) in [4.78, 5) is 4.82. The summed E-state index contributed by atoms with van der Waals surface area (Å²) in [6, 6.07) is 2.15. The van der Waals surface area contributed by atoms with Gasteiger partial charge in [0.05, 0.1) is 5.69 Å². The van der Waals surface area contributed by atoms with Crippen LogP contribution in [0.3, 0.4) is 0 Å². The van der Waals surface area contributed by atoms with E-state index in [1.165, 1.54) is 12.8 Å². The van der Waals surface area contributed by atoms with Gasteiger partial charge in [0.1, 0.15) is 5.76 Å². The van der Waals surface area contributed by atoms with Crippen LogP contribution >= 0.6 is 0 Å². The molecule has 0 aromatic carbocycles. The molecule has 1 aliphatic carbocycles. The molecule has 2 heterocycles. The Hall–Kier alpha value is -0.870. The summed E-state index contributed by atoms with van der Waals surface area (Å²) in [6.07, 6.45) is 2.56. The van der Waals surface area contributed by atoms with Crippen molar-refractivity contribution in [2.45, 2.75) is 25.3 Å². The van der Waals surface area contributed by atoms with Gasteiger partial charge < -0.3 is 9.42 Å².